The third kappa shape index (κ3) is 4.43. The minimum Gasteiger partial charge on any atom is -0.497 e. The summed E-state index contributed by atoms with van der Waals surface area (Å²) >= 11 is 0. The minimum absolute atomic E-state index is 0.00727. The Kier molecular flexibility index (Phi) is 7.00. The largest absolute Gasteiger partial charge is 0.497 e. The average Bonchev–Trinajstić information content (AvgIpc) is 3.19. The van der Waals surface area contributed by atoms with Gasteiger partial charge in [0.25, 0.3) is 0 Å². The topological polar surface area (TPSA) is 60.8 Å². The van der Waals surface area contributed by atoms with Gasteiger partial charge in [-0.25, -0.2) is 0 Å². The Morgan fingerprint density at radius 3 is 2.58 bits per heavy atom. The number of aldehydes is 1. The van der Waals surface area contributed by atoms with Crippen molar-refractivity contribution in [2.24, 2.45) is 5.92 Å². The van der Waals surface area contributed by atoms with Crippen molar-refractivity contribution in [3.8, 4) is 17.0 Å². The van der Waals surface area contributed by atoms with Gasteiger partial charge < -0.3 is 18.9 Å². The molecule has 1 aromatic heterocycles. The predicted octanol–water partition coefficient (Wildman–Crippen LogP) is 5.99. The first-order valence-electron chi connectivity index (χ1n) is 14.2. The zero-order chi connectivity index (χ0) is 26.2. The molecule has 0 N–H and O–H groups in total. The highest BCUT2D eigenvalue weighted by Gasteiger charge is 2.35. The van der Waals surface area contributed by atoms with Gasteiger partial charge in [-0.1, -0.05) is 31.4 Å². The van der Waals surface area contributed by atoms with Gasteiger partial charge in [-0.2, -0.15) is 0 Å². The standard InChI is InChI=1S/C32H38N2O4/c1-33(32(36)23-12-14-38-15-13-23)25-17-24-18-26(37-2)9-11-27(24)31-30(22-6-4-3-5-7-22)28-10-8-21(20-35)16-29(28)34(31)19-25/h8-11,16,18,20,22-23,25H,3-7,12-15,17,19H2,1-2H3. The van der Waals surface area contributed by atoms with Crippen molar-refractivity contribution in [3.05, 3.63) is 53.1 Å². The van der Waals surface area contributed by atoms with Gasteiger partial charge in [0.2, 0.25) is 5.91 Å². The van der Waals surface area contributed by atoms with Crippen LogP contribution in [-0.4, -0.2) is 55.1 Å². The first-order chi connectivity index (χ1) is 18.6. The van der Waals surface area contributed by atoms with Crippen molar-refractivity contribution in [2.45, 2.75) is 69.9 Å². The van der Waals surface area contributed by atoms with Gasteiger partial charge in [-0.05, 0) is 73.4 Å². The number of carbonyl (C=O) groups excluding carboxylic acids is 2. The molecule has 2 aliphatic heterocycles. The zero-order valence-corrected chi connectivity index (χ0v) is 22.6. The van der Waals surface area contributed by atoms with Crippen LogP contribution in [0.3, 0.4) is 0 Å². The highest BCUT2D eigenvalue weighted by Crippen LogP contribution is 2.47. The van der Waals surface area contributed by atoms with E-state index in [2.05, 4.69) is 28.8 Å². The van der Waals surface area contributed by atoms with E-state index >= 15 is 0 Å². The molecule has 2 fully saturated rings. The van der Waals surface area contributed by atoms with Crippen LogP contribution in [0, 0.1) is 5.92 Å². The second-order valence-corrected chi connectivity index (χ2v) is 11.3. The number of methoxy groups -OCH3 is 1. The molecule has 1 amide bonds. The number of aromatic nitrogens is 1. The number of ether oxygens (including phenoxy) is 2. The smallest absolute Gasteiger partial charge is 0.225 e. The zero-order valence-electron chi connectivity index (χ0n) is 22.6. The molecule has 0 radical (unpaired) electrons. The summed E-state index contributed by atoms with van der Waals surface area (Å²) in [4.78, 5) is 27.5. The van der Waals surface area contributed by atoms with Crippen molar-refractivity contribution in [1.82, 2.24) is 9.47 Å². The molecule has 1 saturated carbocycles. The van der Waals surface area contributed by atoms with Crippen LogP contribution in [0.5, 0.6) is 5.75 Å². The van der Waals surface area contributed by atoms with E-state index in [0.29, 0.717) is 31.2 Å². The van der Waals surface area contributed by atoms with Gasteiger partial charge in [0.15, 0.2) is 0 Å². The maximum absolute atomic E-state index is 13.7. The van der Waals surface area contributed by atoms with Crippen molar-refractivity contribution in [2.75, 3.05) is 27.4 Å². The molecule has 3 aromatic rings. The predicted molar refractivity (Wildman–Crippen MR) is 149 cm³/mol. The van der Waals surface area contributed by atoms with Crippen LogP contribution in [0.2, 0.25) is 0 Å². The first-order valence-corrected chi connectivity index (χ1v) is 14.2. The maximum atomic E-state index is 13.7. The van der Waals surface area contributed by atoms with Crippen molar-refractivity contribution < 1.29 is 19.1 Å². The number of hydrogen-bond acceptors (Lipinski definition) is 4. The van der Waals surface area contributed by atoms with E-state index in [4.69, 9.17) is 9.47 Å². The van der Waals surface area contributed by atoms with E-state index in [1.165, 1.54) is 59.9 Å². The lowest BCUT2D eigenvalue weighted by molar-refractivity contribution is -0.139. The molecule has 3 heterocycles. The molecule has 1 unspecified atom stereocenters. The summed E-state index contributed by atoms with van der Waals surface area (Å²) in [7, 11) is 3.68. The Balaban J connectivity index is 1.53. The van der Waals surface area contributed by atoms with Gasteiger partial charge >= 0.3 is 0 Å². The molecule has 0 spiro atoms. The molecule has 2 aromatic carbocycles. The number of nitrogens with zero attached hydrogens (tertiary/aromatic N) is 2. The summed E-state index contributed by atoms with van der Waals surface area (Å²) in [6, 6.07) is 12.6. The molecule has 6 nitrogen and oxygen atoms in total. The van der Waals surface area contributed by atoms with E-state index in [1.807, 2.05) is 24.1 Å². The Bertz CT molecular complexity index is 1350. The fraction of sp³-hybridized carbons (Fsp3) is 0.500. The van der Waals surface area contributed by atoms with Crippen LogP contribution < -0.4 is 4.74 Å². The van der Waals surface area contributed by atoms with Crippen LogP contribution in [0.15, 0.2) is 36.4 Å². The molecule has 0 bridgehead atoms. The van der Waals surface area contributed by atoms with Crippen molar-refractivity contribution >= 4 is 23.1 Å². The molecule has 1 atom stereocenters. The lowest BCUT2D eigenvalue weighted by Crippen LogP contribution is -2.44. The molecule has 6 heteroatoms. The second-order valence-electron chi connectivity index (χ2n) is 11.3. The lowest BCUT2D eigenvalue weighted by Gasteiger charge is -2.32. The van der Waals surface area contributed by atoms with Crippen LogP contribution >= 0.6 is 0 Å². The first kappa shape index (κ1) is 25.2. The number of rotatable bonds is 5. The van der Waals surface area contributed by atoms with Gasteiger partial charge in [0, 0.05) is 54.8 Å². The van der Waals surface area contributed by atoms with E-state index < -0.39 is 0 Å². The number of likely N-dealkylation sites (N-methyl/N-ethyl adjacent to an activating group) is 1. The summed E-state index contributed by atoms with van der Waals surface area (Å²) in [6.07, 6.45) is 9.46. The molecular formula is C32H38N2O4. The lowest BCUT2D eigenvalue weighted by atomic mass is 9.81. The number of amides is 1. The molecule has 3 aliphatic rings. The Morgan fingerprint density at radius 1 is 1.05 bits per heavy atom. The number of benzene rings is 2. The monoisotopic (exact) mass is 514 g/mol. The Hall–Kier alpha value is -3.12. The van der Waals surface area contributed by atoms with E-state index in [1.54, 1.807) is 7.11 Å². The van der Waals surface area contributed by atoms with Crippen molar-refractivity contribution in [3.63, 3.8) is 0 Å². The summed E-state index contributed by atoms with van der Waals surface area (Å²) in [6.45, 7) is 2.00. The maximum Gasteiger partial charge on any atom is 0.225 e. The Labute approximate surface area is 224 Å². The summed E-state index contributed by atoms with van der Waals surface area (Å²) in [5.41, 5.74) is 6.92. The van der Waals surface area contributed by atoms with Crippen LogP contribution in [0.25, 0.3) is 22.2 Å². The highest BCUT2D eigenvalue weighted by atomic mass is 16.5. The fourth-order valence-electron chi connectivity index (χ4n) is 7.05. The average molecular weight is 515 g/mol. The molecule has 6 rings (SSSR count). The van der Waals surface area contributed by atoms with Gasteiger partial charge in [0.1, 0.15) is 12.0 Å². The molecule has 1 saturated heterocycles. The second kappa shape index (κ2) is 10.6. The number of hydrogen-bond donors (Lipinski definition) is 0. The third-order valence-corrected chi connectivity index (χ3v) is 9.16. The summed E-state index contributed by atoms with van der Waals surface area (Å²) in [5.74, 6) is 1.57. The van der Waals surface area contributed by atoms with Crippen molar-refractivity contribution in [1.29, 1.82) is 0 Å². The van der Waals surface area contributed by atoms with Crippen LogP contribution in [0.1, 0.15) is 72.3 Å². The molecule has 1 aliphatic carbocycles. The molecule has 38 heavy (non-hydrogen) atoms. The highest BCUT2D eigenvalue weighted by molar-refractivity contribution is 5.96. The third-order valence-electron chi connectivity index (χ3n) is 9.16. The van der Waals surface area contributed by atoms with Crippen LogP contribution in [-0.2, 0) is 22.5 Å². The molecule has 200 valence electrons. The number of fused-ring (bicyclic) bond motifs is 5. The van der Waals surface area contributed by atoms with E-state index in [-0.39, 0.29) is 17.9 Å². The fourth-order valence-corrected chi connectivity index (χ4v) is 7.05. The summed E-state index contributed by atoms with van der Waals surface area (Å²) < 4.78 is 13.6. The quantitative estimate of drug-likeness (QED) is 0.393. The van der Waals surface area contributed by atoms with Crippen LogP contribution in [0.4, 0.5) is 0 Å². The normalized spacial score (nSPS) is 20.4. The van der Waals surface area contributed by atoms with Gasteiger partial charge in [-0.15, -0.1) is 0 Å². The SMILES string of the molecule is COc1ccc2c(c1)CC(N(C)C(=O)C1CCOCC1)Cn1c-2c(C2CCCCC2)c2ccc(C=O)cc21. The number of carbonyl (C=O) groups is 2. The minimum atomic E-state index is -0.00727. The molecular weight excluding hydrogens is 476 g/mol. The Morgan fingerprint density at radius 2 is 1.84 bits per heavy atom. The summed E-state index contributed by atoms with van der Waals surface area (Å²) in [5, 5.41) is 1.25. The van der Waals surface area contributed by atoms with E-state index in [0.717, 1.165) is 36.8 Å². The van der Waals surface area contributed by atoms with E-state index in [9.17, 15) is 9.59 Å². The van der Waals surface area contributed by atoms with Gasteiger partial charge in [0.05, 0.1) is 18.8 Å². The van der Waals surface area contributed by atoms with Gasteiger partial charge in [-0.3, -0.25) is 9.59 Å².